The molecule has 0 radical (unpaired) electrons. The van der Waals surface area contributed by atoms with Crippen LogP contribution in [0.4, 0.5) is 5.69 Å². The van der Waals surface area contributed by atoms with Crippen LogP contribution in [0, 0.1) is 6.92 Å². The van der Waals surface area contributed by atoms with E-state index < -0.39 is 10.0 Å². The summed E-state index contributed by atoms with van der Waals surface area (Å²) >= 11 is 1.45. The summed E-state index contributed by atoms with van der Waals surface area (Å²) in [6.07, 6.45) is 3.63. The number of rotatable bonds is 3. The molecule has 2 aliphatic heterocycles. The third-order valence-electron chi connectivity index (χ3n) is 5.20. The van der Waals surface area contributed by atoms with Crippen molar-refractivity contribution in [2.24, 2.45) is 0 Å². The molecule has 3 heterocycles. The molecular formula is C19H22N2O3S2. The average Bonchev–Trinajstić information content (AvgIpc) is 3.27. The Kier molecular flexibility index (Phi) is 4.62. The van der Waals surface area contributed by atoms with Crippen LogP contribution in [0.1, 0.15) is 40.1 Å². The van der Waals surface area contributed by atoms with Crippen molar-refractivity contribution in [2.75, 3.05) is 24.5 Å². The van der Waals surface area contributed by atoms with E-state index in [1.54, 1.807) is 27.4 Å². The molecule has 7 heteroatoms. The van der Waals surface area contributed by atoms with Gasteiger partial charge in [0.05, 0.1) is 9.77 Å². The Morgan fingerprint density at radius 2 is 1.85 bits per heavy atom. The second-order valence-corrected chi connectivity index (χ2v) is 9.75. The predicted octanol–water partition coefficient (Wildman–Crippen LogP) is 3.43. The van der Waals surface area contributed by atoms with Gasteiger partial charge in [0.2, 0.25) is 10.0 Å². The van der Waals surface area contributed by atoms with Crippen LogP contribution in [0.25, 0.3) is 0 Å². The van der Waals surface area contributed by atoms with E-state index in [2.05, 4.69) is 0 Å². The molecule has 0 unspecified atom stereocenters. The van der Waals surface area contributed by atoms with Gasteiger partial charge in [-0.3, -0.25) is 4.79 Å². The van der Waals surface area contributed by atoms with Crippen LogP contribution in [0.5, 0.6) is 0 Å². The fourth-order valence-electron chi connectivity index (χ4n) is 3.72. The molecule has 1 aromatic carbocycles. The van der Waals surface area contributed by atoms with Gasteiger partial charge in [-0.1, -0.05) is 6.42 Å². The van der Waals surface area contributed by atoms with Gasteiger partial charge in [-0.2, -0.15) is 4.31 Å². The molecule has 0 atom stereocenters. The lowest BCUT2D eigenvalue weighted by atomic mass is 10.2. The van der Waals surface area contributed by atoms with Crippen LogP contribution in [-0.2, 0) is 16.4 Å². The second-order valence-electron chi connectivity index (χ2n) is 6.89. The van der Waals surface area contributed by atoms with Gasteiger partial charge in [-0.05, 0) is 67.0 Å². The third-order valence-corrected chi connectivity index (χ3v) is 8.10. The van der Waals surface area contributed by atoms with E-state index in [9.17, 15) is 13.2 Å². The van der Waals surface area contributed by atoms with Crippen LogP contribution in [-0.4, -0.2) is 38.3 Å². The van der Waals surface area contributed by atoms with E-state index in [-0.39, 0.29) is 5.91 Å². The third kappa shape index (κ3) is 2.98. The lowest BCUT2D eigenvalue weighted by Gasteiger charge is -2.26. The highest BCUT2D eigenvalue weighted by Crippen LogP contribution is 2.33. The number of hydrogen-bond donors (Lipinski definition) is 0. The monoisotopic (exact) mass is 390 g/mol. The Morgan fingerprint density at radius 1 is 1.08 bits per heavy atom. The number of hydrogen-bond acceptors (Lipinski definition) is 4. The molecular weight excluding hydrogens is 368 g/mol. The van der Waals surface area contributed by atoms with Crippen molar-refractivity contribution in [1.29, 1.82) is 0 Å². The second kappa shape index (κ2) is 6.79. The van der Waals surface area contributed by atoms with Gasteiger partial charge in [0.25, 0.3) is 5.91 Å². The number of benzene rings is 1. The summed E-state index contributed by atoms with van der Waals surface area (Å²) in [7, 11) is -3.44. The van der Waals surface area contributed by atoms with Gasteiger partial charge in [0.1, 0.15) is 0 Å². The van der Waals surface area contributed by atoms with Gasteiger partial charge in [0.15, 0.2) is 0 Å². The van der Waals surface area contributed by atoms with E-state index >= 15 is 0 Å². The van der Waals surface area contributed by atoms with Crippen LogP contribution >= 0.6 is 11.3 Å². The van der Waals surface area contributed by atoms with Crippen LogP contribution in [0.3, 0.4) is 0 Å². The highest BCUT2D eigenvalue weighted by molar-refractivity contribution is 7.89. The van der Waals surface area contributed by atoms with Crippen molar-refractivity contribution in [3.63, 3.8) is 0 Å². The SMILES string of the molecule is Cc1ccsc1C(=O)N1CCc2cc(S(=O)(=O)N3CCCCC3)ccc21. The first-order valence-electron chi connectivity index (χ1n) is 8.97. The number of fused-ring (bicyclic) bond motifs is 1. The summed E-state index contributed by atoms with van der Waals surface area (Å²) in [5.41, 5.74) is 2.75. The molecule has 2 aliphatic rings. The normalized spacial score (nSPS) is 18.1. The van der Waals surface area contributed by atoms with Crippen molar-refractivity contribution in [1.82, 2.24) is 4.31 Å². The topological polar surface area (TPSA) is 57.7 Å². The Morgan fingerprint density at radius 3 is 2.54 bits per heavy atom. The van der Waals surface area contributed by atoms with E-state index in [1.807, 2.05) is 18.4 Å². The minimum Gasteiger partial charge on any atom is -0.307 e. The number of thiophene rings is 1. The number of aryl methyl sites for hydroxylation is 1. The standard InChI is InChI=1S/C19H22N2O3S2/c1-14-8-12-25-18(14)19(22)21-11-7-15-13-16(5-6-17(15)21)26(23,24)20-9-3-2-4-10-20/h5-6,8,12-13H,2-4,7,9-11H2,1H3. The average molecular weight is 391 g/mol. The van der Waals surface area contributed by atoms with Crippen molar-refractivity contribution >= 4 is 33.0 Å². The zero-order valence-electron chi connectivity index (χ0n) is 14.8. The summed E-state index contributed by atoms with van der Waals surface area (Å²) < 4.78 is 27.4. The van der Waals surface area contributed by atoms with Gasteiger partial charge >= 0.3 is 0 Å². The summed E-state index contributed by atoms with van der Waals surface area (Å²) in [4.78, 5) is 15.7. The molecule has 0 bridgehead atoms. The Labute approximate surface area is 158 Å². The molecule has 1 aromatic heterocycles. The molecule has 26 heavy (non-hydrogen) atoms. The van der Waals surface area contributed by atoms with E-state index in [4.69, 9.17) is 0 Å². The molecule has 5 nitrogen and oxygen atoms in total. The van der Waals surface area contributed by atoms with E-state index in [0.717, 1.165) is 41.0 Å². The first kappa shape index (κ1) is 17.7. The molecule has 0 N–H and O–H groups in total. The summed E-state index contributed by atoms with van der Waals surface area (Å²) in [5.74, 6) is 0.00267. The van der Waals surface area contributed by atoms with Crippen LogP contribution < -0.4 is 4.90 Å². The first-order chi connectivity index (χ1) is 12.5. The minimum atomic E-state index is -3.44. The maximum absolute atomic E-state index is 12.9. The van der Waals surface area contributed by atoms with Gasteiger partial charge in [0, 0.05) is 25.3 Å². The molecule has 1 amide bonds. The fourth-order valence-corrected chi connectivity index (χ4v) is 6.16. The van der Waals surface area contributed by atoms with Crippen LogP contribution in [0.2, 0.25) is 0 Å². The molecule has 1 fully saturated rings. The number of nitrogens with zero attached hydrogens (tertiary/aromatic N) is 2. The number of carbonyl (C=O) groups is 1. The Balaban J connectivity index is 1.63. The smallest absolute Gasteiger partial charge is 0.268 e. The fraction of sp³-hybridized carbons (Fsp3) is 0.421. The van der Waals surface area contributed by atoms with Gasteiger partial charge in [-0.15, -0.1) is 11.3 Å². The van der Waals surface area contributed by atoms with Crippen molar-refractivity contribution in [3.8, 4) is 0 Å². The highest BCUT2D eigenvalue weighted by atomic mass is 32.2. The summed E-state index contributed by atoms with van der Waals surface area (Å²) in [5, 5.41) is 1.92. The van der Waals surface area contributed by atoms with E-state index in [0.29, 0.717) is 31.0 Å². The Hall–Kier alpha value is -1.70. The maximum Gasteiger partial charge on any atom is 0.268 e. The van der Waals surface area contributed by atoms with Crippen molar-refractivity contribution in [3.05, 3.63) is 45.6 Å². The molecule has 0 saturated carbocycles. The molecule has 0 spiro atoms. The van der Waals surface area contributed by atoms with E-state index in [1.165, 1.54) is 11.3 Å². The largest absolute Gasteiger partial charge is 0.307 e. The quantitative estimate of drug-likeness (QED) is 0.807. The van der Waals surface area contributed by atoms with Crippen molar-refractivity contribution in [2.45, 2.75) is 37.5 Å². The number of carbonyl (C=O) groups excluding carboxylic acids is 1. The summed E-state index contributed by atoms with van der Waals surface area (Å²) in [6, 6.07) is 7.15. The van der Waals surface area contributed by atoms with Crippen LogP contribution in [0.15, 0.2) is 34.5 Å². The van der Waals surface area contributed by atoms with Crippen molar-refractivity contribution < 1.29 is 13.2 Å². The minimum absolute atomic E-state index is 0.00267. The molecule has 0 aliphatic carbocycles. The molecule has 1 saturated heterocycles. The first-order valence-corrected chi connectivity index (χ1v) is 11.3. The number of sulfonamides is 1. The predicted molar refractivity (Wildman–Crippen MR) is 103 cm³/mol. The maximum atomic E-state index is 12.9. The number of amides is 1. The zero-order chi connectivity index (χ0) is 18.3. The highest BCUT2D eigenvalue weighted by Gasteiger charge is 2.31. The summed E-state index contributed by atoms with van der Waals surface area (Å²) in [6.45, 7) is 3.73. The lowest BCUT2D eigenvalue weighted by molar-refractivity contribution is 0.0992. The molecule has 2 aromatic rings. The van der Waals surface area contributed by atoms with Gasteiger partial charge in [-0.25, -0.2) is 8.42 Å². The zero-order valence-corrected chi connectivity index (χ0v) is 16.4. The van der Waals surface area contributed by atoms with Gasteiger partial charge < -0.3 is 4.90 Å². The number of piperidine rings is 1. The molecule has 138 valence electrons. The lowest BCUT2D eigenvalue weighted by Crippen LogP contribution is -2.35. The molecule has 4 rings (SSSR count). The number of anilines is 1. The Bertz CT molecular complexity index is 943.